The molecule has 0 aromatic heterocycles. The third-order valence-electron chi connectivity index (χ3n) is 4.29. The van der Waals surface area contributed by atoms with E-state index in [4.69, 9.17) is 18.9 Å². The molecule has 1 N–H and O–H groups in total. The number of esters is 2. The van der Waals surface area contributed by atoms with Crippen molar-refractivity contribution in [3.05, 3.63) is 63.2 Å². The Hall–Kier alpha value is -2.82. The van der Waals surface area contributed by atoms with Gasteiger partial charge in [0.1, 0.15) is 24.0 Å². The lowest BCUT2D eigenvalue weighted by Crippen LogP contribution is -2.45. The summed E-state index contributed by atoms with van der Waals surface area (Å²) in [5.41, 5.74) is 0.894. The highest BCUT2D eigenvalue weighted by Gasteiger charge is 2.26. The number of nitrogens with one attached hydrogen (secondary N) is 1. The Bertz CT molecular complexity index is 973. The highest BCUT2D eigenvalue weighted by atomic mass is 127. The second-order valence-electron chi connectivity index (χ2n) is 8.35. The van der Waals surface area contributed by atoms with Crippen molar-refractivity contribution < 1.29 is 33.3 Å². The smallest absolute Gasteiger partial charge is 0.408 e. The van der Waals surface area contributed by atoms with Crippen molar-refractivity contribution in [1.29, 1.82) is 0 Å². The summed E-state index contributed by atoms with van der Waals surface area (Å²) in [5.74, 6) is -0.516. The maximum atomic E-state index is 12.8. The number of amides is 1. The van der Waals surface area contributed by atoms with E-state index in [1.54, 1.807) is 39.8 Å². The average molecular weight is 583 g/mol. The molecular weight excluding hydrogens is 553 g/mol. The van der Waals surface area contributed by atoms with Crippen LogP contribution in [0, 0.1) is 3.57 Å². The van der Waals surface area contributed by atoms with Gasteiger partial charge in [0, 0.05) is 6.42 Å². The van der Waals surface area contributed by atoms with Gasteiger partial charge < -0.3 is 24.3 Å². The molecule has 2 aromatic carbocycles. The zero-order valence-corrected chi connectivity index (χ0v) is 21.9. The van der Waals surface area contributed by atoms with Crippen LogP contribution < -0.4 is 10.1 Å². The van der Waals surface area contributed by atoms with E-state index in [9.17, 15) is 14.4 Å². The highest BCUT2D eigenvalue weighted by molar-refractivity contribution is 14.1. The van der Waals surface area contributed by atoms with Crippen molar-refractivity contribution >= 4 is 40.6 Å². The molecule has 0 aliphatic carbocycles. The minimum atomic E-state index is -0.958. The van der Waals surface area contributed by atoms with Gasteiger partial charge in [-0.25, -0.2) is 14.4 Å². The molecule has 0 radical (unpaired) electrons. The van der Waals surface area contributed by atoms with Crippen LogP contribution in [0.5, 0.6) is 5.75 Å². The number of ether oxygens (including phenoxy) is 4. The maximum absolute atomic E-state index is 12.8. The Labute approximate surface area is 213 Å². The number of halogens is 1. The van der Waals surface area contributed by atoms with Crippen LogP contribution in [0.15, 0.2) is 48.5 Å². The van der Waals surface area contributed by atoms with Gasteiger partial charge in [-0.15, -0.1) is 0 Å². The van der Waals surface area contributed by atoms with Crippen molar-refractivity contribution in [2.24, 2.45) is 0 Å². The lowest BCUT2D eigenvalue weighted by Gasteiger charge is -2.23. The first kappa shape index (κ1) is 27.4. The minimum Gasteiger partial charge on any atom is -0.481 e. The van der Waals surface area contributed by atoms with Gasteiger partial charge in [0.2, 0.25) is 0 Å². The number of carbonyl (C=O) groups is 3. The molecule has 9 heteroatoms. The van der Waals surface area contributed by atoms with E-state index in [0.717, 1.165) is 14.7 Å². The van der Waals surface area contributed by atoms with Gasteiger partial charge in [-0.05, 0) is 73.5 Å². The summed E-state index contributed by atoms with van der Waals surface area (Å²) < 4.78 is 21.9. The molecule has 34 heavy (non-hydrogen) atoms. The molecule has 2 rings (SSSR count). The van der Waals surface area contributed by atoms with E-state index in [0.29, 0.717) is 5.75 Å². The van der Waals surface area contributed by atoms with Gasteiger partial charge >= 0.3 is 18.0 Å². The molecule has 184 valence electrons. The second kappa shape index (κ2) is 13.2. The fraction of sp³-hybridized carbons (Fsp3) is 0.400. The van der Waals surface area contributed by atoms with Crippen molar-refractivity contribution in [2.75, 3.05) is 13.2 Å². The third-order valence-corrected chi connectivity index (χ3v) is 5.13. The first-order valence-electron chi connectivity index (χ1n) is 10.8. The summed E-state index contributed by atoms with van der Waals surface area (Å²) in [4.78, 5) is 36.7. The molecule has 1 amide bonds. The fourth-order valence-electron chi connectivity index (χ4n) is 2.84. The molecule has 0 fully saturated rings. The molecule has 0 aliphatic rings. The molecule has 0 unspecified atom stereocenters. The number of hydrogen-bond donors (Lipinski definition) is 1. The van der Waals surface area contributed by atoms with Gasteiger partial charge in [0.05, 0.1) is 10.2 Å². The van der Waals surface area contributed by atoms with Gasteiger partial charge in [-0.3, -0.25) is 0 Å². The predicted octanol–water partition coefficient (Wildman–Crippen LogP) is 4.41. The molecule has 1 atom stereocenters. The number of benzene rings is 2. The molecule has 0 aliphatic heterocycles. The molecule has 0 saturated heterocycles. The molecule has 8 nitrogen and oxygen atoms in total. The molecule has 0 bridgehead atoms. The highest BCUT2D eigenvalue weighted by Crippen LogP contribution is 2.23. The predicted molar refractivity (Wildman–Crippen MR) is 134 cm³/mol. The van der Waals surface area contributed by atoms with Gasteiger partial charge in [0.25, 0.3) is 0 Å². The first-order valence-corrected chi connectivity index (χ1v) is 11.9. The number of hydrogen-bond acceptors (Lipinski definition) is 7. The second-order valence-corrected chi connectivity index (χ2v) is 9.52. The van der Waals surface area contributed by atoms with Gasteiger partial charge in [-0.1, -0.05) is 36.4 Å². The molecule has 0 saturated carbocycles. The number of alkyl carbamates (subject to hydrolysis) is 1. The van der Waals surface area contributed by atoms with Crippen LogP contribution in [0.4, 0.5) is 4.79 Å². The quantitative estimate of drug-likeness (QED) is 0.251. The van der Waals surface area contributed by atoms with E-state index in [2.05, 4.69) is 27.9 Å². The standard InChI is InChI=1S/C25H30INO7/c1-5-31-22(28)16-32-21-12-11-18(13-19(21)26)14-20(27-24(30)34-25(2,3)4)23(29)33-15-17-9-7-6-8-10-17/h6-13,20H,5,14-16H2,1-4H3,(H,27,30)/t20-/m0/s1. The van der Waals surface area contributed by atoms with E-state index >= 15 is 0 Å². The van der Waals surface area contributed by atoms with Crippen LogP contribution in [0.2, 0.25) is 0 Å². The van der Waals surface area contributed by atoms with E-state index in [1.165, 1.54) is 0 Å². The molecular formula is C25H30INO7. The Morgan fingerprint density at radius 1 is 1.00 bits per heavy atom. The summed E-state index contributed by atoms with van der Waals surface area (Å²) in [7, 11) is 0. The monoisotopic (exact) mass is 583 g/mol. The summed E-state index contributed by atoms with van der Waals surface area (Å²) >= 11 is 2.08. The normalized spacial score (nSPS) is 11.8. The summed E-state index contributed by atoms with van der Waals surface area (Å²) in [6.07, 6.45) is -0.528. The third kappa shape index (κ3) is 9.98. The first-order chi connectivity index (χ1) is 16.1. The SMILES string of the molecule is CCOC(=O)COc1ccc(C[C@H](NC(=O)OC(C)(C)C)C(=O)OCc2ccccc2)cc1I. The average Bonchev–Trinajstić information content (AvgIpc) is 2.76. The largest absolute Gasteiger partial charge is 0.481 e. The van der Waals surface area contributed by atoms with Gasteiger partial charge in [-0.2, -0.15) is 0 Å². The Balaban J connectivity index is 2.10. The zero-order chi connectivity index (χ0) is 25.1. The van der Waals surface area contributed by atoms with Crippen LogP contribution in [0.1, 0.15) is 38.8 Å². The van der Waals surface area contributed by atoms with Crippen molar-refractivity contribution in [3.8, 4) is 5.75 Å². The summed E-state index contributed by atoms with van der Waals surface area (Å²) in [5, 5.41) is 2.62. The van der Waals surface area contributed by atoms with Crippen LogP contribution in [0.3, 0.4) is 0 Å². The van der Waals surface area contributed by atoms with E-state index in [-0.39, 0.29) is 26.2 Å². The van der Waals surface area contributed by atoms with Crippen LogP contribution >= 0.6 is 22.6 Å². The van der Waals surface area contributed by atoms with Crippen LogP contribution in [0.25, 0.3) is 0 Å². The zero-order valence-electron chi connectivity index (χ0n) is 19.8. The van der Waals surface area contributed by atoms with E-state index in [1.807, 2.05) is 36.4 Å². The van der Waals surface area contributed by atoms with Crippen molar-refractivity contribution in [1.82, 2.24) is 5.32 Å². The van der Waals surface area contributed by atoms with Gasteiger partial charge in [0.15, 0.2) is 6.61 Å². The molecule has 0 spiro atoms. The Morgan fingerprint density at radius 3 is 2.32 bits per heavy atom. The van der Waals surface area contributed by atoms with E-state index < -0.39 is 29.7 Å². The van der Waals surface area contributed by atoms with Crippen LogP contribution in [-0.2, 0) is 36.8 Å². The fourth-order valence-corrected chi connectivity index (χ4v) is 3.57. The summed E-state index contributed by atoms with van der Waals surface area (Å²) in [6, 6.07) is 13.6. The number of rotatable bonds is 10. The molecule has 0 heterocycles. The van der Waals surface area contributed by atoms with Crippen molar-refractivity contribution in [3.63, 3.8) is 0 Å². The lowest BCUT2D eigenvalue weighted by molar-refractivity contribution is -0.147. The maximum Gasteiger partial charge on any atom is 0.408 e. The number of carbonyl (C=O) groups excluding carboxylic acids is 3. The topological polar surface area (TPSA) is 100 Å². The lowest BCUT2D eigenvalue weighted by atomic mass is 10.1. The van der Waals surface area contributed by atoms with Crippen molar-refractivity contribution in [2.45, 2.75) is 52.4 Å². The Morgan fingerprint density at radius 2 is 1.71 bits per heavy atom. The Kier molecular flexibility index (Phi) is 10.6. The minimum absolute atomic E-state index is 0.0876. The van der Waals surface area contributed by atoms with Crippen LogP contribution in [-0.4, -0.2) is 42.9 Å². The summed E-state index contributed by atoms with van der Waals surface area (Å²) in [6.45, 7) is 7.13. The molecule has 2 aromatic rings.